The van der Waals surface area contributed by atoms with Crippen LogP contribution in [0.1, 0.15) is 25.8 Å². The van der Waals surface area contributed by atoms with E-state index in [1.807, 2.05) is 6.07 Å². The summed E-state index contributed by atoms with van der Waals surface area (Å²) >= 11 is 0. The minimum atomic E-state index is -0.0540. The minimum Gasteiger partial charge on any atom is -0.490 e. The van der Waals surface area contributed by atoms with E-state index in [2.05, 4.69) is 37.4 Å². The molecule has 2 rings (SSSR count). The van der Waals surface area contributed by atoms with Crippen LogP contribution in [0.25, 0.3) is 0 Å². The summed E-state index contributed by atoms with van der Waals surface area (Å²) in [6.07, 6.45) is 0.914. The lowest BCUT2D eigenvalue weighted by Gasteiger charge is -2.26. The molecule has 0 aromatic heterocycles. The zero-order chi connectivity index (χ0) is 13.7. The van der Waals surface area contributed by atoms with Crippen molar-refractivity contribution >= 4 is 0 Å². The number of benzene rings is 1. The Morgan fingerprint density at radius 2 is 2.00 bits per heavy atom. The standard InChI is InChI=1S/C15H20N2O2/c1-15(2,11-17-7-6-16)12-4-5-13-14(10-12)19-9-3-8-18-13/h4-5,10,17H,3,7-9,11H2,1-2H3. The van der Waals surface area contributed by atoms with Crippen molar-refractivity contribution in [1.82, 2.24) is 5.32 Å². The highest BCUT2D eigenvalue weighted by Gasteiger charge is 2.22. The Bertz CT molecular complexity index is 478. The van der Waals surface area contributed by atoms with Gasteiger partial charge in [-0.25, -0.2) is 0 Å². The van der Waals surface area contributed by atoms with Crippen molar-refractivity contribution < 1.29 is 9.47 Å². The fourth-order valence-corrected chi connectivity index (χ4v) is 2.12. The molecule has 1 N–H and O–H groups in total. The van der Waals surface area contributed by atoms with Gasteiger partial charge in [0.2, 0.25) is 0 Å². The van der Waals surface area contributed by atoms with Gasteiger partial charge in [-0.15, -0.1) is 0 Å². The van der Waals surface area contributed by atoms with Gasteiger partial charge in [-0.1, -0.05) is 19.9 Å². The number of ether oxygens (including phenoxy) is 2. The Morgan fingerprint density at radius 3 is 2.74 bits per heavy atom. The zero-order valence-corrected chi connectivity index (χ0v) is 11.5. The molecule has 0 spiro atoms. The van der Waals surface area contributed by atoms with Gasteiger partial charge in [0.15, 0.2) is 11.5 Å². The van der Waals surface area contributed by atoms with E-state index in [9.17, 15) is 0 Å². The van der Waals surface area contributed by atoms with Crippen LogP contribution in [0.2, 0.25) is 0 Å². The first-order valence-electron chi connectivity index (χ1n) is 6.61. The number of nitriles is 1. The molecule has 4 nitrogen and oxygen atoms in total. The van der Waals surface area contributed by atoms with Crippen LogP contribution in [0.5, 0.6) is 11.5 Å². The summed E-state index contributed by atoms with van der Waals surface area (Å²) in [4.78, 5) is 0. The summed E-state index contributed by atoms with van der Waals surface area (Å²) in [6, 6.07) is 8.19. The van der Waals surface area contributed by atoms with E-state index in [0.29, 0.717) is 19.8 Å². The topological polar surface area (TPSA) is 54.3 Å². The number of rotatable bonds is 4. The predicted molar refractivity (Wildman–Crippen MR) is 73.6 cm³/mol. The lowest BCUT2D eigenvalue weighted by atomic mass is 9.84. The highest BCUT2D eigenvalue weighted by molar-refractivity contribution is 5.45. The fraction of sp³-hybridized carbons (Fsp3) is 0.533. The van der Waals surface area contributed by atoms with Gasteiger partial charge in [0, 0.05) is 18.4 Å². The zero-order valence-electron chi connectivity index (χ0n) is 11.5. The van der Waals surface area contributed by atoms with Crippen LogP contribution in [-0.4, -0.2) is 26.3 Å². The van der Waals surface area contributed by atoms with Crippen molar-refractivity contribution in [2.24, 2.45) is 0 Å². The van der Waals surface area contributed by atoms with E-state index < -0.39 is 0 Å². The molecular formula is C15H20N2O2. The summed E-state index contributed by atoms with van der Waals surface area (Å²) in [5, 5.41) is 11.7. The molecule has 19 heavy (non-hydrogen) atoms. The Morgan fingerprint density at radius 1 is 1.26 bits per heavy atom. The van der Waals surface area contributed by atoms with Crippen LogP contribution in [0.3, 0.4) is 0 Å². The molecule has 1 aromatic carbocycles. The highest BCUT2D eigenvalue weighted by Crippen LogP contribution is 2.34. The number of hydrogen-bond donors (Lipinski definition) is 1. The highest BCUT2D eigenvalue weighted by atomic mass is 16.5. The van der Waals surface area contributed by atoms with Gasteiger partial charge in [0.1, 0.15) is 0 Å². The second-order valence-corrected chi connectivity index (χ2v) is 5.36. The maximum absolute atomic E-state index is 8.57. The van der Waals surface area contributed by atoms with Crippen molar-refractivity contribution in [3.8, 4) is 17.6 Å². The smallest absolute Gasteiger partial charge is 0.161 e. The molecule has 0 bridgehead atoms. The van der Waals surface area contributed by atoms with Crippen LogP contribution < -0.4 is 14.8 Å². The fourth-order valence-electron chi connectivity index (χ4n) is 2.12. The van der Waals surface area contributed by atoms with Crippen LogP contribution >= 0.6 is 0 Å². The van der Waals surface area contributed by atoms with Crippen LogP contribution in [0.15, 0.2) is 18.2 Å². The molecule has 0 unspecified atom stereocenters. The average molecular weight is 260 g/mol. The number of nitrogens with zero attached hydrogens (tertiary/aromatic N) is 1. The third kappa shape index (κ3) is 3.39. The Kier molecular flexibility index (Phi) is 4.28. The monoisotopic (exact) mass is 260 g/mol. The Hall–Kier alpha value is -1.73. The van der Waals surface area contributed by atoms with Gasteiger partial charge in [0.25, 0.3) is 0 Å². The molecule has 1 aliphatic rings. The summed E-state index contributed by atoms with van der Waals surface area (Å²) in [5.41, 5.74) is 1.13. The second-order valence-electron chi connectivity index (χ2n) is 5.36. The first kappa shape index (κ1) is 13.7. The van der Waals surface area contributed by atoms with Crippen molar-refractivity contribution in [3.63, 3.8) is 0 Å². The molecule has 1 heterocycles. The molecule has 0 amide bonds. The van der Waals surface area contributed by atoms with Crippen molar-refractivity contribution in [3.05, 3.63) is 23.8 Å². The maximum atomic E-state index is 8.57. The van der Waals surface area contributed by atoms with E-state index in [-0.39, 0.29) is 5.41 Å². The first-order chi connectivity index (χ1) is 9.13. The Balaban J connectivity index is 2.16. The molecule has 0 aliphatic carbocycles. The predicted octanol–water partition coefficient (Wildman–Crippen LogP) is 2.24. The molecule has 1 aromatic rings. The second kappa shape index (κ2) is 5.94. The quantitative estimate of drug-likeness (QED) is 0.666. The molecule has 0 saturated heterocycles. The molecule has 102 valence electrons. The average Bonchev–Trinajstić information content (AvgIpc) is 2.63. The summed E-state index contributed by atoms with van der Waals surface area (Å²) in [5.74, 6) is 1.64. The summed E-state index contributed by atoms with van der Waals surface area (Å²) in [6.45, 7) is 6.82. The van der Waals surface area contributed by atoms with Crippen LogP contribution in [-0.2, 0) is 5.41 Å². The van der Waals surface area contributed by atoms with Gasteiger partial charge in [0.05, 0.1) is 25.8 Å². The number of hydrogen-bond acceptors (Lipinski definition) is 4. The SMILES string of the molecule is CC(C)(CNCC#N)c1ccc2c(c1)OCCCO2. The third-order valence-electron chi connectivity index (χ3n) is 3.30. The molecule has 0 radical (unpaired) electrons. The molecule has 0 fully saturated rings. The van der Waals surface area contributed by atoms with Crippen LogP contribution in [0, 0.1) is 11.3 Å². The first-order valence-corrected chi connectivity index (χ1v) is 6.61. The van der Waals surface area contributed by atoms with Crippen molar-refractivity contribution in [2.75, 3.05) is 26.3 Å². The van der Waals surface area contributed by atoms with E-state index in [0.717, 1.165) is 24.5 Å². The lowest BCUT2D eigenvalue weighted by molar-refractivity contribution is 0.296. The molecule has 1 aliphatic heterocycles. The minimum absolute atomic E-state index is 0.0540. The van der Waals surface area contributed by atoms with Crippen LogP contribution in [0.4, 0.5) is 0 Å². The van der Waals surface area contributed by atoms with E-state index in [1.54, 1.807) is 0 Å². The third-order valence-corrected chi connectivity index (χ3v) is 3.30. The van der Waals surface area contributed by atoms with Gasteiger partial charge in [-0.2, -0.15) is 5.26 Å². The number of nitrogens with one attached hydrogen (secondary N) is 1. The molecular weight excluding hydrogens is 240 g/mol. The van der Waals surface area contributed by atoms with Gasteiger partial charge in [-0.05, 0) is 17.7 Å². The van der Waals surface area contributed by atoms with Gasteiger partial charge < -0.3 is 14.8 Å². The normalized spacial score (nSPS) is 14.6. The number of fused-ring (bicyclic) bond motifs is 1. The lowest BCUT2D eigenvalue weighted by Crippen LogP contribution is -2.33. The van der Waals surface area contributed by atoms with Crippen molar-refractivity contribution in [1.29, 1.82) is 5.26 Å². The van der Waals surface area contributed by atoms with Crippen molar-refractivity contribution in [2.45, 2.75) is 25.7 Å². The summed E-state index contributed by atoms with van der Waals surface area (Å²) < 4.78 is 11.3. The molecule has 0 atom stereocenters. The maximum Gasteiger partial charge on any atom is 0.161 e. The van der Waals surface area contributed by atoms with Gasteiger partial charge in [-0.3, -0.25) is 0 Å². The van der Waals surface area contributed by atoms with E-state index in [4.69, 9.17) is 14.7 Å². The summed E-state index contributed by atoms with van der Waals surface area (Å²) in [7, 11) is 0. The van der Waals surface area contributed by atoms with E-state index >= 15 is 0 Å². The Labute approximate surface area is 114 Å². The largest absolute Gasteiger partial charge is 0.490 e. The van der Waals surface area contributed by atoms with Gasteiger partial charge >= 0.3 is 0 Å². The molecule has 4 heteroatoms. The molecule has 0 saturated carbocycles. The van der Waals surface area contributed by atoms with E-state index in [1.165, 1.54) is 5.56 Å².